The van der Waals surface area contributed by atoms with Crippen molar-refractivity contribution in [3.63, 3.8) is 0 Å². The summed E-state index contributed by atoms with van der Waals surface area (Å²) in [5, 5.41) is 6.91. The summed E-state index contributed by atoms with van der Waals surface area (Å²) in [5.74, 6) is 2.50. The van der Waals surface area contributed by atoms with Gasteiger partial charge < -0.3 is 14.7 Å². The number of nitrogens with zero attached hydrogens (tertiary/aromatic N) is 5. The lowest BCUT2D eigenvalue weighted by atomic mass is 9.80. The van der Waals surface area contributed by atoms with Gasteiger partial charge in [-0.1, -0.05) is 37.6 Å². The fourth-order valence-electron chi connectivity index (χ4n) is 6.70. The van der Waals surface area contributed by atoms with Gasteiger partial charge in [0.2, 0.25) is 5.91 Å². The molecule has 2 atom stereocenters. The Morgan fingerprint density at radius 2 is 1.80 bits per heavy atom. The van der Waals surface area contributed by atoms with Gasteiger partial charge in [-0.15, -0.1) is 0 Å². The summed E-state index contributed by atoms with van der Waals surface area (Å²) in [6, 6.07) is 0. The van der Waals surface area contributed by atoms with Gasteiger partial charge in [0.05, 0.1) is 11.4 Å². The Bertz CT molecular complexity index is 958. The number of carbonyl (C=O) groups is 1. The first kappa shape index (κ1) is 23.1. The van der Waals surface area contributed by atoms with Gasteiger partial charge in [0, 0.05) is 50.8 Å². The Balaban J connectivity index is 1.06. The third kappa shape index (κ3) is 4.62. The highest BCUT2D eigenvalue weighted by atomic mass is 16.2. The first-order valence-corrected chi connectivity index (χ1v) is 14.1. The number of fused-ring (bicyclic) bond motifs is 1. The monoisotopic (exact) mass is 475 g/mol. The SMILES string of the molecule is CCN1CCC(C2=CCC(C3C=C4C(N5CCN(C(=O)C6CCC6)CC5)=CC=NN4C3)C=C2)CC1. The molecule has 0 N–H and O–H groups in total. The Morgan fingerprint density at radius 1 is 1.00 bits per heavy atom. The molecule has 0 aromatic heterocycles. The molecule has 6 heteroatoms. The molecule has 188 valence electrons. The Kier molecular flexibility index (Phi) is 6.57. The lowest BCUT2D eigenvalue weighted by molar-refractivity contribution is -0.139. The molecule has 0 spiro atoms. The van der Waals surface area contributed by atoms with Crippen molar-refractivity contribution in [1.82, 2.24) is 19.7 Å². The van der Waals surface area contributed by atoms with Crippen LogP contribution in [0.5, 0.6) is 0 Å². The molecule has 4 heterocycles. The minimum atomic E-state index is 0.304. The standard InChI is InChI=1S/C29H41N5O/c1-2-31-14-11-24(12-15-31)22-6-8-23(9-7-22)26-20-28-27(10-13-30-34(28)21-26)32-16-18-33(19-17-32)29(35)25-4-3-5-25/h6-8,10,13,20,23-26H,2-5,9,11-12,14-19,21H2,1H3. The van der Waals surface area contributed by atoms with Crippen LogP contribution in [0.4, 0.5) is 0 Å². The van der Waals surface area contributed by atoms with E-state index in [0.29, 0.717) is 23.7 Å². The van der Waals surface area contributed by atoms with Crippen molar-refractivity contribution in [2.45, 2.75) is 45.4 Å². The highest BCUT2D eigenvalue weighted by molar-refractivity contribution is 5.79. The fraction of sp³-hybridized carbons (Fsp3) is 0.655. The van der Waals surface area contributed by atoms with Crippen molar-refractivity contribution >= 4 is 12.1 Å². The Morgan fingerprint density at radius 3 is 2.46 bits per heavy atom. The predicted octanol–water partition coefficient (Wildman–Crippen LogP) is 3.86. The van der Waals surface area contributed by atoms with Crippen LogP contribution in [-0.4, -0.2) is 84.2 Å². The van der Waals surface area contributed by atoms with Gasteiger partial charge in [0.15, 0.2) is 0 Å². The maximum atomic E-state index is 12.7. The van der Waals surface area contributed by atoms with Crippen LogP contribution < -0.4 is 0 Å². The number of hydrazone groups is 1. The molecule has 1 amide bonds. The van der Waals surface area contributed by atoms with Crippen molar-refractivity contribution in [2.24, 2.45) is 28.8 Å². The van der Waals surface area contributed by atoms with E-state index >= 15 is 0 Å². The molecule has 0 aromatic carbocycles. The summed E-state index contributed by atoms with van der Waals surface area (Å²) in [5.41, 5.74) is 4.14. The second kappa shape index (κ2) is 9.96. The summed E-state index contributed by atoms with van der Waals surface area (Å²) in [7, 11) is 0. The highest BCUT2D eigenvalue weighted by Gasteiger charge is 2.36. The maximum absolute atomic E-state index is 12.7. The molecule has 0 radical (unpaired) electrons. The van der Waals surface area contributed by atoms with Gasteiger partial charge in [-0.25, -0.2) is 0 Å². The molecular weight excluding hydrogens is 434 g/mol. The normalized spacial score (nSPS) is 30.1. The van der Waals surface area contributed by atoms with Crippen LogP contribution in [0.1, 0.15) is 45.4 Å². The van der Waals surface area contributed by atoms with E-state index in [2.05, 4.69) is 57.0 Å². The van der Waals surface area contributed by atoms with Gasteiger partial charge >= 0.3 is 0 Å². The summed E-state index contributed by atoms with van der Waals surface area (Å²) >= 11 is 0. The van der Waals surface area contributed by atoms with Crippen LogP contribution >= 0.6 is 0 Å². The van der Waals surface area contributed by atoms with E-state index in [0.717, 1.165) is 57.9 Å². The van der Waals surface area contributed by atoms with Gasteiger partial charge in [0.1, 0.15) is 0 Å². The number of piperidine rings is 1. The smallest absolute Gasteiger partial charge is 0.225 e. The van der Waals surface area contributed by atoms with Gasteiger partial charge in [-0.3, -0.25) is 9.80 Å². The largest absolute Gasteiger partial charge is 0.366 e. The lowest BCUT2D eigenvalue weighted by Gasteiger charge is -2.41. The van der Waals surface area contributed by atoms with E-state index < -0.39 is 0 Å². The van der Waals surface area contributed by atoms with Crippen LogP contribution in [0.25, 0.3) is 0 Å². The zero-order chi connectivity index (χ0) is 23.8. The molecule has 6 rings (SSSR count). The van der Waals surface area contributed by atoms with Gasteiger partial charge in [-0.2, -0.15) is 5.10 Å². The average molecular weight is 476 g/mol. The second-order valence-corrected chi connectivity index (χ2v) is 11.2. The van der Waals surface area contributed by atoms with Crippen molar-refractivity contribution in [3.05, 3.63) is 47.3 Å². The summed E-state index contributed by atoms with van der Waals surface area (Å²) in [4.78, 5) is 19.8. The van der Waals surface area contributed by atoms with E-state index in [1.54, 1.807) is 5.57 Å². The zero-order valence-electron chi connectivity index (χ0n) is 21.3. The quantitative estimate of drug-likeness (QED) is 0.606. The molecule has 6 aliphatic rings. The Hall–Kier alpha value is -2.34. The first-order valence-electron chi connectivity index (χ1n) is 14.1. The third-order valence-electron chi connectivity index (χ3n) is 9.34. The molecule has 4 aliphatic heterocycles. The molecule has 35 heavy (non-hydrogen) atoms. The molecule has 2 aliphatic carbocycles. The number of allylic oxidation sites excluding steroid dienone is 5. The maximum Gasteiger partial charge on any atom is 0.225 e. The van der Waals surface area contributed by atoms with Crippen LogP contribution in [0.3, 0.4) is 0 Å². The van der Waals surface area contributed by atoms with E-state index in [1.165, 1.54) is 50.3 Å². The van der Waals surface area contributed by atoms with Crippen LogP contribution in [-0.2, 0) is 4.79 Å². The van der Waals surface area contributed by atoms with E-state index in [9.17, 15) is 4.79 Å². The fourth-order valence-corrected chi connectivity index (χ4v) is 6.70. The van der Waals surface area contributed by atoms with Crippen LogP contribution in [0.2, 0.25) is 0 Å². The number of carbonyl (C=O) groups excluding carboxylic acids is 1. The molecular formula is C29H41N5O. The Labute approximate surface area is 210 Å². The summed E-state index contributed by atoms with van der Waals surface area (Å²) in [6.07, 6.45) is 21.2. The summed E-state index contributed by atoms with van der Waals surface area (Å²) < 4.78 is 0. The molecule has 0 aromatic rings. The van der Waals surface area contributed by atoms with E-state index in [1.807, 2.05) is 6.21 Å². The lowest BCUT2D eigenvalue weighted by Crippen LogP contribution is -2.51. The second-order valence-electron chi connectivity index (χ2n) is 11.2. The average Bonchev–Trinajstić information content (AvgIpc) is 3.33. The minimum absolute atomic E-state index is 0.304. The molecule has 6 nitrogen and oxygen atoms in total. The van der Waals surface area contributed by atoms with Crippen molar-refractivity contribution in [2.75, 3.05) is 52.4 Å². The highest BCUT2D eigenvalue weighted by Crippen LogP contribution is 2.38. The molecule has 3 fully saturated rings. The third-order valence-corrected chi connectivity index (χ3v) is 9.34. The van der Waals surface area contributed by atoms with E-state index in [4.69, 9.17) is 5.10 Å². The molecule has 2 unspecified atom stereocenters. The minimum Gasteiger partial charge on any atom is -0.366 e. The molecule has 2 saturated heterocycles. The molecule has 0 bridgehead atoms. The number of piperazine rings is 1. The number of likely N-dealkylation sites (tertiary alicyclic amines) is 1. The number of hydrogen-bond donors (Lipinski definition) is 0. The number of rotatable bonds is 5. The predicted molar refractivity (Wildman–Crippen MR) is 141 cm³/mol. The molecule has 1 saturated carbocycles. The van der Waals surface area contributed by atoms with Crippen LogP contribution in [0.15, 0.2) is 52.4 Å². The topological polar surface area (TPSA) is 42.4 Å². The zero-order valence-corrected chi connectivity index (χ0v) is 21.3. The van der Waals surface area contributed by atoms with Crippen molar-refractivity contribution < 1.29 is 4.79 Å². The van der Waals surface area contributed by atoms with Crippen molar-refractivity contribution in [1.29, 1.82) is 0 Å². The number of amides is 1. The van der Waals surface area contributed by atoms with Crippen LogP contribution in [0, 0.1) is 23.7 Å². The first-order chi connectivity index (χ1) is 17.2. The van der Waals surface area contributed by atoms with E-state index in [-0.39, 0.29) is 0 Å². The number of hydrogen-bond acceptors (Lipinski definition) is 5. The van der Waals surface area contributed by atoms with Gasteiger partial charge in [-0.05, 0) is 75.2 Å². The van der Waals surface area contributed by atoms with Crippen molar-refractivity contribution in [3.8, 4) is 0 Å². The summed E-state index contributed by atoms with van der Waals surface area (Å²) in [6.45, 7) is 10.4. The van der Waals surface area contributed by atoms with Gasteiger partial charge in [0.25, 0.3) is 0 Å².